The Balaban J connectivity index is 1.50. The Hall–Kier alpha value is -3.10. The molecule has 2 amide bonds. The number of carbonyl (C=O) groups excluding carboxylic acids is 2. The van der Waals surface area contributed by atoms with Gasteiger partial charge in [0.1, 0.15) is 18.1 Å². The lowest BCUT2D eigenvalue weighted by molar-refractivity contribution is -0.140. The van der Waals surface area contributed by atoms with Gasteiger partial charge in [0.15, 0.2) is 0 Å². The highest BCUT2D eigenvalue weighted by Crippen LogP contribution is 2.51. The van der Waals surface area contributed by atoms with E-state index in [2.05, 4.69) is 0 Å². The molecule has 2 saturated heterocycles. The monoisotopic (exact) mass is 461 g/mol. The Morgan fingerprint density at radius 3 is 2.50 bits per heavy atom. The molecule has 1 aliphatic carbocycles. The molecule has 5 rings (SSSR count). The number of ether oxygens (including phenoxy) is 1. The predicted molar refractivity (Wildman–Crippen MR) is 126 cm³/mol. The van der Waals surface area contributed by atoms with E-state index in [9.17, 15) is 19.7 Å². The van der Waals surface area contributed by atoms with Gasteiger partial charge in [-0.05, 0) is 66.1 Å². The zero-order valence-corrected chi connectivity index (χ0v) is 19.1. The highest BCUT2D eigenvalue weighted by atomic mass is 16.5. The van der Waals surface area contributed by atoms with Crippen molar-refractivity contribution in [2.75, 3.05) is 13.2 Å². The third-order valence-electron chi connectivity index (χ3n) is 7.17. The largest absolute Gasteiger partial charge is 0.508 e. The first-order valence-electron chi connectivity index (χ1n) is 11.8. The van der Waals surface area contributed by atoms with E-state index in [-0.39, 0.29) is 30.1 Å². The molecule has 4 atom stereocenters. The highest BCUT2D eigenvalue weighted by molar-refractivity contribution is 6.53. The van der Waals surface area contributed by atoms with Gasteiger partial charge in [-0.2, -0.15) is 0 Å². The van der Waals surface area contributed by atoms with Crippen molar-refractivity contribution in [3.05, 3.63) is 71.2 Å². The van der Waals surface area contributed by atoms with Crippen molar-refractivity contribution in [3.63, 3.8) is 0 Å². The van der Waals surface area contributed by atoms with Crippen LogP contribution in [0.15, 0.2) is 65.6 Å². The summed E-state index contributed by atoms with van der Waals surface area (Å²) in [7, 11) is -1.20. The van der Waals surface area contributed by atoms with Crippen LogP contribution in [0.4, 0.5) is 0 Å². The Morgan fingerprint density at radius 2 is 1.79 bits per heavy atom. The second kappa shape index (κ2) is 9.27. The van der Waals surface area contributed by atoms with Gasteiger partial charge in [0.2, 0.25) is 11.8 Å². The summed E-state index contributed by atoms with van der Waals surface area (Å²) >= 11 is 0. The lowest BCUT2D eigenvalue weighted by Crippen LogP contribution is -2.45. The van der Waals surface area contributed by atoms with Crippen LogP contribution in [0, 0.1) is 17.8 Å². The van der Waals surface area contributed by atoms with Gasteiger partial charge >= 0.3 is 7.12 Å². The number of hydrogen-bond acceptors (Lipinski definition) is 6. The van der Waals surface area contributed by atoms with E-state index in [1.165, 1.54) is 4.90 Å². The lowest BCUT2D eigenvalue weighted by atomic mass is 9.55. The number of fused-ring (bicyclic) bond motifs is 3. The van der Waals surface area contributed by atoms with Crippen LogP contribution in [0.1, 0.15) is 37.9 Å². The summed E-state index contributed by atoms with van der Waals surface area (Å²) in [5, 5.41) is 20.8. The van der Waals surface area contributed by atoms with Crippen molar-refractivity contribution in [2.24, 2.45) is 17.8 Å². The zero-order valence-electron chi connectivity index (χ0n) is 19.1. The standard InChI is InChI=1S/C26H28BNO6/c1-2-12-28-25(30)21-13-17(15-33-19-6-4-3-5-7-19)24-20(23(21)26(28)31)14-22(34-27(24)32)16-8-10-18(29)11-9-16/h3-11,20-23,29,32H,2,12-15H2,1H3/t20-,21-,22-,23+/m0/s1. The third-order valence-corrected chi connectivity index (χ3v) is 7.17. The fourth-order valence-corrected chi connectivity index (χ4v) is 5.64. The van der Waals surface area contributed by atoms with E-state index in [0.29, 0.717) is 37.0 Å². The van der Waals surface area contributed by atoms with Crippen LogP contribution >= 0.6 is 0 Å². The molecule has 176 valence electrons. The molecule has 0 aromatic heterocycles. The maximum absolute atomic E-state index is 13.4. The number of allylic oxidation sites excluding steroid dienone is 1. The molecule has 7 nitrogen and oxygen atoms in total. The molecule has 0 radical (unpaired) electrons. The van der Waals surface area contributed by atoms with Crippen molar-refractivity contribution < 1.29 is 29.1 Å². The molecule has 2 heterocycles. The summed E-state index contributed by atoms with van der Waals surface area (Å²) < 4.78 is 12.0. The number of carbonyl (C=O) groups is 2. The molecular formula is C26H28BNO6. The first kappa shape index (κ1) is 22.7. The van der Waals surface area contributed by atoms with Crippen molar-refractivity contribution >= 4 is 18.9 Å². The Kier molecular flexibility index (Phi) is 6.19. The molecule has 0 bridgehead atoms. The number of benzene rings is 2. The topological polar surface area (TPSA) is 96.3 Å². The summed E-state index contributed by atoms with van der Waals surface area (Å²) in [6, 6.07) is 16.1. The van der Waals surface area contributed by atoms with Crippen molar-refractivity contribution in [1.29, 1.82) is 0 Å². The summed E-state index contributed by atoms with van der Waals surface area (Å²) in [6.07, 6.45) is 1.08. The van der Waals surface area contributed by atoms with Crippen LogP contribution < -0.4 is 4.74 Å². The smallest absolute Gasteiger partial charge is 0.487 e. The van der Waals surface area contributed by atoms with Crippen molar-refractivity contribution in [3.8, 4) is 11.5 Å². The molecule has 2 fully saturated rings. The minimum absolute atomic E-state index is 0.129. The van der Waals surface area contributed by atoms with Crippen LogP contribution in [0.25, 0.3) is 0 Å². The first-order chi connectivity index (χ1) is 16.5. The van der Waals surface area contributed by atoms with Gasteiger partial charge in [-0.15, -0.1) is 0 Å². The second-order valence-electron chi connectivity index (χ2n) is 9.24. The fourth-order valence-electron chi connectivity index (χ4n) is 5.64. The van der Waals surface area contributed by atoms with Gasteiger partial charge in [0, 0.05) is 6.54 Å². The Morgan fingerprint density at radius 1 is 1.06 bits per heavy atom. The fraction of sp³-hybridized carbons (Fsp3) is 0.385. The van der Waals surface area contributed by atoms with E-state index in [4.69, 9.17) is 9.39 Å². The molecular weight excluding hydrogens is 433 g/mol. The van der Waals surface area contributed by atoms with Gasteiger partial charge in [0.25, 0.3) is 0 Å². The zero-order chi connectivity index (χ0) is 23.8. The van der Waals surface area contributed by atoms with Crippen LogP contribution in [0.5, 0.6) is 11.5 Å². The van der Waals surface area contributed by atoms with Crippen LogP contribution in [0.3, 0.4) is 0 Å². The average Bonchev–Trinajstić information content (AvgIpc) is 3.08. The third kappa shape index (κ3) is 4.01. The first-order valence-corrected chi connectivity index (χ1v) is 11.8. The van der Waals surface area contributed by atoms with Crippen LogP contribution in [-0.4, -0.2) is 47.1 Å². The normalized spacial score (nSPS) is 26.5. The Labute approximate surface area is 199 Å². The van der Waals surface area contributed by atoms with Gasteiger partial charge in [0.05, 0.1) is 17.9 Å². The molecule has 0 saturated carbocycles. The molecule has 8 heteroatoms. The molecule has 2 aromatic carbocycles. The molecule has 2 aliphatic heterocycles. The number of aromatic hydroxyl groups is 1. The van der Waals surface area contributed by atoms with Gasteiger partial charge in [-0.3, -0.25) is 14.5 Å². The quantitative estimate of drug-likeness (QED) is 0.507. The molecule has 2 N–H and O–H groups in total. The number of amides is 2. The number of rotatable bonds is 6. The number of nitrogens with zero attached hydrogens (tertiary/aromatic N) is 1. The molecule has 2 aromatic rings. The predicted octanol–water partition coefficient (Wildman–Crippen LogP) is 3.28. The van der Waals surface area contributed by atoms with E-state index < -0.39 is 25.1 Å². The Bertz CT molecular complexity index is 1100. The number of para-hydroxylation sites is 1. The minimum Gasteiger partial charge on any atom is -0.508 e. The van der Waals surface area contributed by atoms with Crippen molar-refractivity contribution in [1.82, 2.24) is 4.90 Å². The SMILES string of the molecule is CCCN1C(=O)[C@H]2[C@H](CC(COc3ccccc3)=C3B(O)O[C@H](c4ccc(O)cc4)C[C@H]32)C1=O. The molecule has 34 heavy (non-hydrogen) atoms. The van der Waals surface area contributed by atoms with E-state index >= 15 is 0 Å². The van der Waals surface area contributed by atoms with Gasteiger partial charge in [-0.1, -0.05) is 37.3 Å². The summed E-state index contributed by atoms with van der Waals surface area (Å²) in [5.74, 6) is -0.722. The number of phenols is 1. The van der Waals surface area contributed by atoms with Crippen molar-refractivity contribution in [2.45, 2.75) is 32.3 Å². The number of likely N-dealkylation sites (tertiary alicyclic amines) is 1. The average molecular weight is 461 g/mol. The summed E-state index contributed by atoms with van der Waals surface area (Å²) in [5.41, 5.74) is 2.31. The molecule has 3 aliphatic rings. The summed E-state index contributed by atoms with van der Waals surface area (Å²) in [6.45, 7) is 2.58. The van der Waals surface area contributed by atoms with Crippen LogP contribution in [0.2, 0.25) is 0 Å². The van der Waals surface area contributed by atoms with E-state index in [1.54, 1.807) is 24.3 Å². The number of phenolic OH excluding ortho intramolecular Hbond substituents is 1. The maximum Gasteiger partial charge on any atom is 0.487 e. The summed E-state index contributed by atoms with van der Waals surface area (Å²) in [4.78, 5) is 28.0. The van der Waals surface area contributed by atoms with Crippen LogP contribution in [-0.2, 0) is 14.2 Å². The highest BCUT2D eigenvalue weighted by Gasteiger charge is 2.57. The molecule has 0 unspecified atom stereocenters. The number of imide groups is 1. The van der Waals surface area contributed by atoms with E-state index in [1.807, 2.05) is 37.3 Å². The van der Waals surface area contributed by atoms with Gasteiger partial charge in [-0.25, -0.2) is 0 Å². The molecule has 0 spiro atoms. The maximum atomic E-state index is 13.4. The van der Waals surface area contributed by atoms with Gasteiger partial charge < -0.3 is 19.5 Å². The number of hydrogen-bond donors (Lipinski definition) is 2. The second-order valence-corrected chi connectivity index (χ2v) is 9.24. The van der Waals surface area contributed by atoms with E-state index in [0.717, 1.165) is 11.1 Å². The minimum atomic E-state index is -1.20. The lowest BCUT2D eigenvalue weighted by Gasteiger charge is -2.42.